The fraction of sp³-hybridized carbons (Fsp3) is 0.167. The number of ether oxygens (including phenoxy) is 1. The van der Waals surface area contributed by atoms with Gasteiger partial charge in [-0.2, -0.15) is 5.10 Å². The average Bonchev–Trinajstić information content (AvgIpc) is 3.00. The number of nitrogens with two attached hydrogens (primary N) is 1. The van der Waals surface area contributed by atoms with E-state index in [9.17, 15) is 4.79 Å². The van der Waals surface area contributed by atoms with Crippen LogP contribution in [0, 0.1) is 0 Å². The van der Waals surface area contributed by atoms with Crippen LogP contribution in [0.3, 0.4) is 0 Å². The third-order valence-corrected chi connectivity index (χ3v) is 3.99. The van der Waals surface area contributed by atoms with Gasteiger partial charge >= 0.3 is 0 Å². The highest BCUT2D eigenvalue weighted by Crippen LogP contribution is 2.30. The minimum Gasteiger partial charge on any atom is -0.494 e. The van der Waals surface area contributed by atoms with E-state index in [0.29, 0.717) is 39.2 Å². The van der Waals surface area contributed by atoms with Crippen LogP contribution in [0.4, 0.5) is 11.4 Å². The molecule has 8 heteroatoms. The lowest BCUT2D eigenvalue weighted by atomic mass is 9.91. The molecule has 0 atom stereocenters. The van der Waals surface area contributed by atoms with Crippen molar-refractivity contribution in [2.75, 3.05) is 25.2 Å². The van der Waals surface area contributed by atoms with Gasteiger partial charge in [0.15, 0.2) is 0 Å². The second-order valence-corrected chi connectivity index (χ2v) is 5.79. The summed E-state index contributed by atoms with van der Waals surface area (Å²) in [7, 11) is 10.9. The van der Waals surface area contributed by atoms with Crippen molar-refractivity contribution >= 4 is 47.7 Å². The quantitative estimate of drug-likeness (QED) is 0.422. The molecule has 0 fully saturated rings. The molecule has 26 heavy (non-hydrogen) atoms. The number of hydrogen-bond acceptors (Lipinski definition) is 5. The molecule has 0 aliphatic rings. The predicted octanol–water partition coefficient (Wildman–Crippen LogP) is 1.26. The first kappa shape index (κ1) is 17.5. The number of hydrogen-bond donors (Lipinski definition) is 2. The van der Waals surface area contributed by atoms with E-state index >= 15 is 0 Å². The Kier molecular flexibility index (Phi) is 4.66. The molecule has 3 rings (SSSR count). The number of methoxy groups -OCH3 is 1. The van der Waals surface area contributed by atoms with Crippen LogP contribution >= 0.6 is 0 Å². The number of nitrogens with one attached hydrogen (secondary N) is 1. The average molecular weight is 347 g/mol. The number of aryl methyl sites for hydroxylation is 1. The highest BCUT2D eigenvalue weighted by atomic mass is 16.5. The van der Waals surface area contributed by atoms with Crippen molar-refractivity contribution in [3.05, 3.63) is 41.6 Å². The van der Waals surface area contributed by atoms with Gasteiger partial charge < -0.3 is 15.8 Å². The van der Waals surface area contributed by atoms with Crippen LogP contribution in [-0.4, -0.2) is 43.9 Å². The zero-order chi connectivity index (χ0) is 18.8. The number of benzene rings is 2. The molecule has 0 aliphatic heterocycles. The summed E-state index contributed by atoms with van der Waals surface area (Å²) in [6.07, 6.45) is 3.39. The van der Waals surface area contributed by atoms with Gasteiger partial charge in [0.1, 0.15) is 19.1 Å². The number of nitrogen functional groups attached to an aromatic ring is 1. The molecule has 130 valence electrons. The van der Waals surface area contributed by atoms with E-state index in [4.69, 9.17) is 18.3 Å². The fourth-order valence-electron chi connectivity index (χ4n) is 2.74. The number of anilines is 2. The van der Waals surface area contributed by atoms with E-state index in [1.807, 2.05) is 0 Å². The van der Waals surface area contributed by atoms with Crippen molar-refractivity contribution in [2.45, 2.75) is 0 Å². The SMILES string of the molecule is [B]c1ccc(C(=O)Nc2cc(C=NC)c(N)cc2OC)c2nn(C)cc12. The van der Waals surface area contributed by atoms with Crippen molar-refractivity contribution < 1.29 is 9.53 Å². The first-order chi connectivity index (χ1) is 12.4. The van der Waals surface area contributed by atoms with E-state index in [-0.39, 0.29) is 5.91 Å². The van der Waals surface area contributed by atoms with Crippen LogP contribution in [0.2, 0.25) is 0 Å². The van der Waals surface area contributed by atoms with E-state index in [1.165, 1.54) is 7.11 Å². The van der Waals surface area contributed by atoms with E-state index < -0.39 is 0 Å². The molecule has 7 nitrogen and oxygen atoms in total. The largest absolute Gasteiger partial charge is 0.494 e. The lowest BCUT2D eigenvalue weighted by molar-refractivity contribution is 0.102. The second-order valence-electron chi connectivity index (χ2n) is 5.79. The number of carbonyl (C=O) groups is 1. The molecule has 0 saturated carbocycles. The number of rotatable bonds is 4. The van der Waals surface area contributed by atoms with Crippen LogP contribution < -0.4 is 21.3 Å². The Balaban J connectivity index is 2.03. The number of aromatic nitrogens is 2. The van der Waals surface area contributed by atoms with Gasteiger partial charge in [-0.15, -0.1) is 0 Å². The summed E-state index contributed by atoms with van der Waals surface area (Å²) in [5.41, 5.74) is 9.17. The normalized spacial score (nSPS) is 11.2. The number of carbonyl (C=O) groups excluding carboxylic acids is 1. The molecule has 0 bridgehead atoms. The van der Waals surface area contributed by atoms with E-state index in [1.54, 1.807) is 55.5 Å². The molecule has 1 amide bonds. The van der Waals surface area contributed by atoms with Crippen LogP contribution in [0.25, 0.3) is 10.9 Å². The molecule has 1 heterocycles. The van der Waals surface area contributed by atoms with Gasteiger partial charge in [0.25, 0.3) is 5.91 Å². The minimum absolute atomic E-state index is 0.323. The maximum absolute atomic E-state index is 12.8. The molecule has 0 aliphatic carbocycles. The van der Waals surface area contributed by atoms with Crippen molar-refractivity contribution in [1.82, 2.24) is 9.78 Å². The summed E-state index contributed by atoms with van der Waals surface area (Å²) >= 11 is 0. The Morgan fingerprint density at radius 3 is 2.88 bits per heavy atom. The lowest BCUT2D eigenvalue weighted by Gasteiger charge is -2.13. The first-order valence-corrected chi connectivity index (χ1v) is 7.87. The van der Waals surface area contributed by atoms with Gasteiger partial charge in [0.2, 0.25) is 0 Å². The summed E-state index contributed by atoms with van der Waals surface area (Å²) < 4.78 is 6.95. The van der Waals surface area contributed by atoms with Crippen molar-refractivity contribution in [1.29, 1.82) is 0 Å². The molecule has 0 saturated heterocycles. The Labute approximate surface area is 152 Å². The predicted molar refractivity (Wildman–Crippen MR) is 105 cm³/mol. The maximum atomic E-state index is 12.8. The standard InChI is InChI=1S/C18H18BN5O2/c1-21-8-10-6-15(16(26-3)7-14(10)20)22-18(25)11-4-5-13(19)12-9-24(2)23-17(11)12/h4-9H,20H2,1-3H3,(H,22,25). The van der Waals surface area contributed by atoms with Gasteiger partial charge in [0, 0.05) is 49.2 Å². The van der Waals surface area contributed by atoms with Gasteiger partial charge in [-0.05, 0) is 12.1 Å². The van der Waals surface area contributed by atoms with Gasteiger partial charge in [-0.25, -0.2) is 0 Å². The summed E-state index contributed by atoms with van der Waals surface area (Å²) in [6.45, 7) is 0. The number of amides is 1. The van der Waals surface area contributed by atoms with Gasteiger partial charge in [-0.3, -0.25) is 14.5 Å². The Bertz CT molecular complexity index is 1030. The lowest BCUT2D eigenvalue weighted by Crippen LogP contribution is -2.15. The molecule has 0 unspecified atom stereocenters. The van der Waals surface area contributed by atoms with Crippen LogP contribution in [0.15, 0.2) is 35.5 Å². The molecule has 3 aromatic rings. The highest BCUT2D eigenvalue weighted by molar-refractivity contribution is 6.39. The van der Waals surface area contributed by atoms with Crippen molar-refractivity contribution in [2.24, 2.45) is 12.0 Å². The zero-order valence-corrected chi connectivity index (χ0v) is 14.8. The van der Waals surface area contributed by atoms with E-state index in [0.717, 1.165) is 5.39 Å². The number of nitrogens with zero attached hydrogens (tertiary/aromatic N) is 3. The zero-order valence-electron chi connectivity index (χ0n) is 14.8. The van der Waals surface area contributed by atoms with Crippen LogP contribution in [0.5, 0.6) is 5.75 Å². The highest BCUT2D eigenvalue weighted by Gasteiger charge is 2.17. The molecular weight excluding hydrogens is 329 g/mol. The van der Waals surface area contributed by atoms with Crippen molar-refractivity contribution in [3.8, 4) is 5.75 Å². The molecule has 2 aromatic carbocycles. The monoisotopic (exact) mass is 347 g/mol. The minimum atomic E-state index is -0.323. The molecular formula is C18H18BN5O2. The second kappa shape index (κ2) is 6.91. The third-order valence-electron chi connectivity index (χ3n) is 3.99. The van der Waals surface area contributed by atoms with Crippen LogP contribution in [-0.2, 0) is 7.05 Å². The summed E-state index contributed by atoms with van der Waals surface area (Å²) in [6, 6.07) is 6.70. The van der Waals surface area contributed by atoms with Crippen LogP contribution in [0.1, 0.15) is 15.9 Å². The Hall–Kier alpha value is -3.29. The third kappa shape index (κ3) is 3.13. The molecule has 0 spiro atoms. The van der Waals surface area contributed by atoms with Gasteiger partial charge in [0.05, 0.1) is 18.4 Å². The number of fused-ring (bicyclic) bond motifs is 1. The Morgan fingerprint density at radius 1 is 1.42 bits per heavy atom. The molecule has 3 N–H and O–H groups in total. The summed E-state index contributed by atoms with van der Waals surface area (Å²) in [5.74, 6) is 0.132. The number of aliphatic imine (C=N–C) groups is 1. The fourth-order valence-corrected chi connectivity index (χ4v) is 2.74. The topological polar surface area (TPSA) is 94.5 Å². The maximum Gasteiger partial charge on any atom is 0.258 e. The smallest absolute Gasteiger partial charge is 0.258 e. The summed E-state index contributed by atoms with van der Waals surface area (Å²) in [4.78, 5) is 16.8. The Morgan fingerprint density at radius 2 is 2.19 bits per heavy atom. The van der Waals surface area contributed by atoms with Crippen molar-refractivity contribution in [3.63, 3.8) is 0 Å². The van der Waals surface area contributed by atoms with E-state index in [2.05, 4.69) is 15.4 Å². The summed E-state index contributed by atoms with van der Waals surface area (Å²) in [5, 5.41) is 7.92. The first-order valence-electron chi connectivity index (χ1n) is 7.87. The molecule has 2 radical (unpaired) electrons. The van der Waals surface area contributed by atoms with Gasteiger partial charge in [-0.1, -0.05) is 11.5 Å². The molecule has 1 aromatic heterocycles.